The molecule has 0 bridgehead atoms. The third-order valence-electron chi connectivity index (χ3n) is 1.40. The number of hydrogen-bond acceptors (Lipinski definition) is 4. The van der Waals surface area contributed by atoms with Crippen LogP contribution in [0.1, 0.15) is 4.88 Å². The Morgan fingerprint density at radius 1 is 1.69 bits per heavy atom. The van der Waals surface area contributed by atoms with Gasteiger partial charge in [0, 0.05) is 17.5 Å². The number of thiophene rings is 1. The molecule has 0 fully saturated rings. The Hall–Kier alpha value is -1.20. The van der Waals surface area contributed by atoms with Crippen molar-refractivity contribution < 1.29 is 4.92 Å². The normalized spacial score (nSPS) is 10.8. The zero-order valence-corrected chi connectivity index (χ0v) is 8.00. The van der Waals surface area contributed by atoms with Gasteiger partial charge in [0.2, 0.25) is 0 Å². The minimum atomic E-state index is -0.375. The molecule has 13 heavy (non-hydrogen) atoms. The van der Waals surface area contributed by atoms with E-state index in [2.05, 4.69) is 5.32 Å². The fourth-order valence-electron chi connectivity index (χ4n) is 0.823. The van der Waals surface area contributed by atoms with Gasteiger partial charge in [0.05, 0.1) is 4.92 Å². The highest BCUT2D eigenvalue weighted by Crippen LogP contribution is 2.24. The summed E-state index contributed by atoms with van der Waals surface area (Å²) < 4.78 is 0. The smallest absolute Gasteiger partial charge is 0.316 e. The van der Waals surface area contributed by atoms with Crippen LogP contribution in [0.4, 0.5) is 5.00 Å². The summed E-state index contributed by atoms with van der Waals surface area (Å²) in [6.45, 7) is 0.770. The number of nitrogens with zero attached hydrogens (tertiary/aromatic N) is 1. The van der Waals surface area contributed by atoms with Gasteiger partial charge in [-0.15, -0.1) is 0 Å². The molecule has 1 rings (SSSR count). The molecule has 0 aliphatic rings. The molecule has 0 unspecified atom stereocenters. The largest absolute Gasteiger partial charge is 0.324 e. The van der Waals surface area contributed by atoms with Crippen molar-refractivity contribution in [3.8, 4) is 0 Å². The van der Waals surface area contributed by atoms with Crippen molar-refractivity contribution in [1.82, 2.24) is 5.32 Å². The van der Waals surface area contributed by atoms with Crippen molar-refractivity contribution in [2.45, 2.75) is 0 Å². The van der Waals surface area contributed by atoms with Crippen LogP contribution in [0.5, 0.6) is 0 Å². The minimum absolute atomic E-state index is 0.184. The van der Waals surface area contributed by atoms with Crippen LogP contribution in [0, 0.1) is 10.1 Å². The Bertz CT molecular complexity index is 320. The maximum atomic E-state index is 10.3. The van der Waals surface area contributed by atoms with E-state index < -0.39 is 0 Å². The lowest BCUT2D eigenvalue weighted by molar-refractivity contribution is -0.380. The van der Waals surface area contributed by atoms with Gasteiger partial charge in [-0.3, -0.25) is 10.1 Å². The molecule has 4 nitrogen and oxygen atoms in total. The molecular formula is C8H10N2O2S. The van der Waals surface area contributed by atoms with Crippen LogP contribution in [0.15, 0.2) is 18.2 Å². The van der Waals surface area contributed by atoms with Gasteiger partial charge >= 0.3 is 5.00 Å². The van der Waals surface area contributed by atoms with Gasteiger partial charge in [-0.2, -0.15) is 0 Å². The number of likely N-dealkylation sites (N-methyl/N-ethyl adjacent to an activating group) is 1. The summed E-state index contributed by atoms with van der Waals surface area (Å²) >= 11 is 1.18. The Kier molecular flexibility index (Phi) is 3.60. The monoisotopic (exact) mass is 198 g/mol. The highest BCUT2D eigenvalue weighted by molar-refractivity contribution is 7.16. The number of rotatable bonds is 4. The lowest BCUT2D eigenvalue weighted by atomic mass is 10.4. The summed E-state index contributed by atoms with van der Waals surface area (Å²) in [6, 6.07) is 3.26. The standard InChI is InChI=1S/C8H10N2O2S/c1-9-6-2-3-7-4-5-8(13-7)10(11)12/h2-5,9H,6H2,1H3. The van der Waals surface area contributed by atoms with Crippen molar-refractivity contribution in [1.29, 1.82) is 0 Å². The van der Waals surface area contributed by atoms with Crippen LogP contribution in [0.3, 0.4) is 0 Å². The summed E-state index contributed by atoms with van der Waals surface area (Å²) in [5, 5.41) is 13.5. The zero-order chi connectivity index (χ0) is 9.68. The molecule has 0 aliphatic heterocycles. The zero-order valence-electron chi connectivity index (χ0n) is 7.19. The van der Waals surface area contributed by atoms with E-state index in [1.165, 1.54) is 17.4 Å². The molecule has 1 N–H and O–H groups in total. The average Bonchev–Trinajstić information content (AvgIpc) is 2.53. The van der Waals surface area contributed by atoms with E-state index >= 15 is 0 Å². The van der Waals surface area contributed by atoms with Crippen molar-refractivity contribution in [2.24, 2.45) is 0 Å². The SMILES string of the molecule is CNCC=Cc1ccc([N+](=O)[O-])s1. The van der Waals surface area contributed by atoms with Gasteiger partial charge < -0.3 is 5.32 Å². The lowest BCUT2D eigenvalue weighted by Gasteiger charge is -1.86. The Labute approximate surface area is 80.0 Å². The topological polar surface area (TPSA) is 55.2 Å². The Balaban J connectivity index is 2.64. The molecule has 0 spiro atoms. The van der Waals surface area contributed by atoms with Crippen LogP contribution in [-0.2, 0) is 0 Å². The molecule has 0 atom stereocenters. The second-order valence-electron chi connectivity index (χ2n) is 2.39. The first-order valence-corrected chi connectivity index (χ1v) is 4.61. The minimum Gasteiger partial charge on any atom is -0.316 e. The third kappa shape index (κ3) is 2.96. The molecule has 0 saturated carbocycles. The van der Waals surface area contributed by atoms with Gasteiger partial charge in [0.15, 0.2) is 0 Å². The van der Waals surface area contributed by atoms with E-state index in [1.807, 2.05) is 19.2 Å². The number of nitrogens with one attached hydrogen (secondary N) is 1. The first kappa shape index (κ1) is 9.88. The molecule has 0 aliphatic carbocycles. The molecule has 5 heteroatoms. The predicted molar refractivity (Wildman–Crippen MR) is 53.9 cm³/mol. The van der Waals surface area contributed by atoms with E-state index in [9.17, 15) is 10.1 Å². The van der Waals surface area contributed by atoms with E-state index in [0.717, 1.165) is 11.4 Å². The summed E-state index contributed by atoms with van der Waals surface area (Å²) in [5.41, 5.74) is 0. The molecule has 1 aromatic heterocycles. The second-order valence-corrected chi connectivity index (χ2v) is 3.49. The van der Waals surface area contributed by atoms with Crippen LogP contribution in [0.25, 0.3) is 6.08 Å². The lowest BCUT2D eigenvalue weighted by Crippen LogP contribution is -2.03. The molecule has 0 aromatic carbocycles. The van der Waals surface area contributed by atoms with Gasteiger partial charge in [-0.25, -0.2) is 0 Å². The van der Waals surface area contributed by atoms with Crippen molar-refractivity contribution in [3.63, 3.8) is 0 Å². The highest BCUT2D eigenvalue weighted by atomic mass is 32.1. The number of hydrogen-bond donors (Lipinski definition) is 1. The van der Waals surface area contributed by atoms with Gasteiger partial charge in [-0.1, -0.05) is 17.4 Å². The predicted octanol–water partition coefficient (Wildman–Crippen LogP) is 1.89. The van der Waals surface area contributed by atoms with E-state index in [1.54, 1.807) is 6.07 Å². The van der Waals surface area contributed by atoms with Crippen molar-refractivity contribution in [3.05, 3.63) is 33.2 Å². The molecule has 1 heterocycles. The molecule has 70 valence electrons. The summed E-state index contributed by atoms with van der Waals surface area (Å²) in [5.74, 6) is 0. The molecule has 0 radical (unpaired) electrons. The van der Waals surface area contributed by atoms with E-state index in [4.69, 9.17) is 0 Å². The third-order valence-corrected chi connectivity index (χ3v) is 2.40. The van der Waals surface area contributed by atoms with E-state index in [-0.39, 0.29) is 9.92 Å². The quantitative estimate of drug-likeness (QED) is 0.593. The van der Waals surface area contributed by atoms with Crippen LogP contribution in [-0.4, -0.2) is 18.5 Å². The summed E-state index contributed by atoms with van der Waals surface area (Å²) in [7, 11) is 1.85. The fourth-order valence-corrected chi connectivity index (χ4v) is 1.58. The highest BCUT2D eigenvalue weighted by Gasteiger charge is 2.06. The van der Waals surface area contributed by atoms with Crippen molar-refractivity contribution in [2.75, 3.05) is 13.6 Å². The summed E-state index contributed by atoms with van der Waals surface area (Å²) in [6.07, 6.45) is 3.80. The first-order chi connectivity index (χ1) is 6.24. The Morgan fingerprint density at radius 2 is 2.46 bits per heavy atom. The molecule has 0 amide bonds. The fraction of sp³-hybridized carbons (Fsp3) is 0.250. The Morgan fingerprint density at radius 3 is 3.00 bits per heavy atom. The van der Waals surface area contributed by atoms with Crippen LogP contribution < -0.4 is 5.32 Å². The maximum absolute atomic E-state index is 10.3. The van der Waals surface area contributed by atoms with Crippen LogP contribution in [0.2, 0.25) is 0 Å². The maximum Gasteiger partial charge on any atom is 0.324 e. The average molecular weight is 198 g/mol. The van der Waals surface area contributed by atoms with Gasteiger partial charge in [-0.05, 0) is 19.2 Å². The number of nitro groups is 1. The van der Waals surface area contributed by atoms with Gasteiger partial charge in [0.25, 0.3) is 0 Å². The molecule has 0 saturated heterocycles. The molecular weight excluding hydrogens is 188 g/mol. The van der Waals surface area contributed by atoms with E-state index in [0.29, 0.717) is 0 Å². The van der Waals surface area contributed by atoms with Crippen molar-refractivity contribution >= 4 is 22.4 Å². The van der Waals surface area contributed by atoms with Crippen LogP contribution >= 0.6 is 11.3 Å². The second kappa shape index (κ2) is 4.74. The first-order valence-electron chi connectivity index (χ1n) is 3.79. The molecule has 1 aromatic rings. The van der Waals surface area contributed by atoms with Gasteiger partial charge in [0.1, 0.15) is 0 Å². The summed E-state index contributed by atoms with van der Waals surface area (Å²) in [4.78, 5) is 10.9.